The van der Waals surface area contributed by atoms with E-state index in [-0.39, 0.29) is 0 Å². The Morgan fingerprint density at radius 3 is 1.80 bits per heavy atom. The highest BCUT2D eigenvalue weighted by Crippen LogP contribution is 2.55. The van der Waals surface area contributed by atoms with Crippen molar-refractivity contribution in [2.75, 3.05) is 0 Å². The summed E-state index contributed by atoms with van der Waals surface area (Å²) in [6, 6.07) is 57.3. The Labute approximate surface area is 293 Å². The van der Waals surface area contributed by atoms with Crippen LogP contribution in [0.25, 0.3) is 111 Å². The Bertz CT molecular complexity index is 3030. The van der Waals surface area contributed by atoms with Crippen molar-refractivity contribution in [3.8, 4) is 67.5 Å². The molecule has 0 saturated carbocycles. The molecule has 10 aromatic rings. The zero-order chi connectivity index (χ0) is 33.5. The molecule has 4 nitrogen and oxygen atoms in total. The molecule has 11 rings (SSSR count). The van der Waals surface area contributed by atoms with E-state index in [1.807, 2.05) is 36.4 Å². The van der Waals surface area contributed by atoms with Crippen molar-refractivity contribution >= 4 is 43.5 Å². The smallest absolute Gasteiger partial charge is 0.164 e. The van der Waals surface area contributed by atoms with Crippen molar-refractivity contribution in [3.63, 3.8) is 0 Å². The number of furan rings is 1. The average molecular weight is 650 g/mol. The maximum atomic E-state index is 6.58. The second-order valence-corrected chi connectivity index (χ2v) is 13.2. The molecule has 0 spiro atoms. The van der Waals surface area contributed by atoms with Crippen LogP contribution >= 0.6 is 0 Å². The lowest BCUT2D eigenvalue weighted by Gasteiger charge is -2.14. The summed E-state index contributed by atoms with van der Waals surface area (Å²) < 4.78 is 6.58. The van der Waals surface area contributed by atoms with Gasteiger partial charge < -0.3 is 4.42 Å². The number of hydrogen-bond acceptors (Lipinski definition) is 4. The molecule has 2 heterocycles. The van der Waals surface area contributed by atoms with Crippen molar-refractivity contribution in [2.45, 2.75) is 0 Å². The minimum atomic E-state index is 0.625. The number of fused-ring (bicyclic) bond motifs is 7. The second-order valence-electron chi connectivity index (χ2n) is 13.2. The van der Waals surface area contributed by atoms with Crippen LogP contribution in [0.2, 0.25) is 0 Å². The maximum Gasteiger partial charge on any atom is 0.164 e. The predicted octanol–water partition coefficient (Wildman–Crippen LogP) is 12.4. The summed E-state index contributed by atoms with van der Waals surface area (Å²) in [5.41, 5.74) is 11.7. The van der Waals surface area contributed by atoms with Gasteiger partial charge in [-0.1, -0.05) is 140 Å². The van der Waals surface area contributed by atoms with Crippen LogP contribution in [0.5, 0.6) is 0 Å². The third-order valence-corrected chi connectivity index (χ3v) is 10.2. The molecule has 2 aromatic heterocycles. The lowest BCUT2D eigenvalue weighted by atomic mass is 9.88. The van der Waals surface area contributed by atoms with Gasteiger partial charge in [-0.25, -0.2) is 15.0 Å². The third-order valence-electron chi connectivity index (χ3n) is 10.2. The van der Waals surface area contributed by atoms with Crippen LogP contribution in [-0.4, -0.2) is 15.0 Å². The highest BCUT2D eigenvalue weighted by molar-refractivity contribution is 6.25. The number of rotatable bonds is 4. The van der Waals surface area contributed by atoms with Crippen LogP contribution in [-0.2, 0) is 0 Å². The Morgan fingerprint density at radius 2 is 0.961 bits per heavy atom. The molecule has 0 amide bonds. The lowest BCUT2D eigenvalue weighted by Crippen LogP contribution is -2.00. The lowest BCUT2D eigenvalue weighted by molar-refractivity contribution is 0.669. The molecule has 0 N–H and O–H groups in total. The number of nitrogens with zero attached hydrogens (tertiary/aromatic N) is 3. The molecule has 1 aliphatic rings. The number of benzene rings is 8. The van der Waals surface area contributed by atoms with Gasteiger partial charge in [-0.15, -0.1) is 0 Å². The van der Waals surface area contributed by atoms with Crippen LogP contribution in [0.1, 0.15) is 0 Å². The highest BCUT2D eigenvalue weighted by atomic mass is 16.3. The molecule has 1 aliphatic carbocycles. The fourth-order valence-corrected chi connectivity index (χ4v) is 7.93. The van der Waals surface area contributed by atoms with Crippen LogP contribution in [0.4, 0.5) is 0 Å². The van der Waals surface area contributed by atoms with E-state index in [4.69, 9.17) is 19.4 Å². The predicted molar refractivity (Wildman–Crippen MR) is 208 cm³/mol. The van der Waals surface area contributed by atoms with Gasteiger partial charge >= 0.3 is 0 Å². The second kappa shape index (κ2) is 10.8. The van der Waals surface area contributed by atoms with E-state index < -0.39 is 0 Å². The fraction of sp³-hybridized carbons (Fsp3) is 0. The maximum absolute atomic E-state index is 6.58. The first-order chi connectivity index (χ1) is 25.3. The van der Waals surface area contributed by atoms with Crippen molar-refractivity contribution in [2.24, 2.45) is 0 Å². The minimum Gasteiger partial charge on any atom is -0.456 e. The molecule has 236 valence electrons. The number of aromatic nitrogens is 3. The first kappa shape index (κ1) is 28.0. The molecule has 0 saturated heterocycles. The summed E-state index contributed by atoms with van der Waals surface area (Å²) in [6.07, 6.45) is 0. The molecule has 4 heteroatoms. The number of hydrogen-bond donors (Lipinski definition) is 0. The summed E-state index contributed by atoms with van der Waals surface area (Å²) in [7, 11) is 0. The van der Waals surface area contributed by atoms with Gasteiger partial charge in [0.1, 0.15) is 11.2 Å². The van der Waals surface area contributed by atoms with E-state index in [0.29, 0.717) is 17.5 Å². The fourth-order valence-electron chi connectivity index (χ4n) is 7.93. The van der Waals surface area contributed by atoms with E-state index in [1.54, 1.807) is 0 Å². The van der Waals surface area contributed by atoms with E-state index in [0.717, 1.165) is 55.1 Å². The van der Waals surface area contributed by atoms with Crippen molar-refractivity contribution < 1.29 is 4.42 Å². The van der Waals surface area contributed by atoms with Gasteiger partial charge in [-0.2, -0.15) is 0 Å². The van der Waals surface area contributed by atoms with E-state index in [1.165, 1.54) is 38.4 Å². The van der Waals surface area contributed by atoms with Gasteiger partial charge in [-0.05, 0) is 73.6 Å². The first-order valence-electron chi connectivity index (χ1n) is 17.2. The summed E-state index contributed by atoms with van der Waals surface area (Å²) in [4.78, 5) is 15.2. The van der Waals surface area contributed by atoms with Gasteiger partial charge in [0.25, 0.3) is 0 Å². The molecule has 0 unspecified atom stereocenters. The van der Waals surface area contributed by atoms with Crippen molar-refractivity contribution in [1.29, 1.82) is 0 Å². The summed E-state index contributed by atoms with van der Waals surface area (Å²) in [6.45, 7) is 0. The molecular weight excluding hydrogens is 623 g/mol. The Kier molecular flexibility index (Phi) is 5.92. The highest BCUT2D eigenvalue weighted by Gasteiger charge is 2.28. The van der Waals surface area contributed by atoms with Crippen LogP contribution in [0.3, 0.4) is 0 Å². The van der Waals surface area contributed by atoms with Crippen molar-refractivity contribution in [1.82, 2.24) is 15.0 Å². The molecule has 0 bridgehead atoms. The van der Waals surface area contributed by atoms with Gasteiger partial charge in [0.15, 0.2) is 17.5 Å². The zero-order valence-corrected chi connectivity index (χ0v) is 27.3. The Balaban J connectivity index is 1.17. The van der Waals surface area contributed by atoms with Crippen LogP contribution in [0, 0.1) is 0 Å². The quantitative estimate of drug-likeness (QED) is 0.190. The topological polar surface area (TPSA) is 51.8 Å². The molecule has 0 radical (unpaired) electrons. The first-order valence-corrected chi connectivity index (χ1v) is 17.2. The largest absolute Gasteiger partial charge is 0.456 e. The van der Waals surface area contributed by atoms with E-state index in [2.05, 4.69) is 127 Å². The third kappa shape index (κ3) is 4.30. The monoisotopic (exact) mass is 649 g/mol. The van der Waals surface area contributed by atoms with Crippen LogP contribution in [0.15, 0.2) is 168 Å². The standard InChI is InChI=1S/C47H27N3O/c1-2-12-30(13-3-1)45-48-46(50-47(49-45)34-24-23-28-11-4-5-14-31(28)25-34)33-18-8-17-32(26-33)42-43-37-21-10-16-29-15-9-20-35(41(29)37)38(43)27-40-44(42)36-19-6-7-22-39(36)51-40/h1-27H. The van der Waals surface area contributed by atoms with E-state index >= 15 is 0 Å². The molecule has 51 heavy (non-hydrogen) atoms. The Morgan fingerprint density at radius 1 is 0.333 bits per heavy atom. The summed E-state index contributed by atoms with van der Waals surface area (Å²) >= 11 is 0. The van der Waals surface area contributed by atoms with Crippen molar-refractivity contribution in [3.05, 3.63) is 164 Å². The molecule has 0 atom stereocenters. The van der Waals surface area contributed by atoms with Gasteiger partial charge in [0, 0.05) is 33.0 Å². The molecule has 0 aliphatic heterocycles. The Hall–Kier alpha value is -6.91. The van der Waals surface area contributed by atoms with E-state index in [9.17, 15) is 0 Å². The van der Waals surface area contributed by atoms with Gasteiger partial charge in [0.05, 0.1) is 0 Å². The summed E-state index contributed by atoms with van der Waals surface area (Å²) in [5, 5.41) is 7.06. The van der Waals surface area contributed by atoms with Gasteiger partial charge in [-0.3, -0.25) is 0 Å². The number of para-hydroxylation sites is 1. The minimum absolute atomic E-state index is 0.625. The van der Waals surface area contributed by atoms with Gasteiger partial charge in [0.2, 0.25) is 0 Å². The SMILES string of the molecule is c1ccc(-c2nc(-c3cccc(-c4c5c(cc6oc7ccccc7c46)-c4cccc6cccc-5c46)c3)nc(-c3ccc4ccccc4c3)n2)cc1. The average Bonchev–Trinajstić information content (AvgIpc) is 3.73. The van der Waals surface area contributed by atoms with Crippen LogP contribution < -0.4 is 0 Å². The molecule has 0 fully saturated rings. The normalized spacial score (nSPS) is 11.9. The zero-order valence-electron chi connectivity index (χ0n) is 27.3. The molecule has 8 aromatic carbocycles. The summed E-state index contributed by atoms with van der Waals surface area (Å²) in [5.74, 6) is 1.90. The molecular formula is C47H27N3O.